The number of esters is 1. The van der Waals surface area contributed by atoms with Crippen molar-refractivity contribution in [3.63, 3.8) is 0 Å². The van der Waals surface area contributed by atoms with Crippen molar-refractivity contribution in [2.75, 3.05) is 19.7 Å². The highest BCUT2D eigenvalue weighted by molar-refractivity contribution is 5.75. The molecule has 2 unspecified atom stereocenters. The average Bonchev–Trinajstić information content (AvgIpc) is 2.18. The number of hydrogen-bond acceptors (Lipinski definition) is 4. The van der Waals surface area contributed by atoms with E-state index in [0.717, 1.165) is 25.8 Å². The molecule has 0 radical (unpaired) electrons. The Morgan fingerprint density at radius 2 is 2.33 bits per heavy atom. The first-order valence-corrected chi connectivity index (χ1v) is 5.74. The van der Waals surface area contributed by atoms with Crippen molar-refractivity contribution in [1.82, 2.24) is 4.90 Å². The Morgan fingerprint density at radius 3 is 2.93 bits per heavy atom. The van der Waals surface area contributed by atoms with E-state index in [1.807, 2.05) is 11.8 Å². The molecule has 88 valence electrons. The zero-order valence-corrected chi connectivity index (χ0v) is 9.61. The van der Waals surface area contributed by atoms with E-state index < -0.39 is 0 Å². The van der Waals surface area contributed by atoms with Gasteiger partial charge in [0, 0.05) is 6.54 Å². The summed E-state index contributed by atoms with van der Waals surface area (Å²) in [6.07, 6.45) is 2.63. The zero-order valence-electron chi connectivity index (χ0n) is 9.61. The van der Waals surface area contributed by atoms with E-state index in [1.165, 1.54) is 0 Å². The first-order valence-electron chi connectivity index (χ1n) is 5.74. The molecule has 1 rings (SSSR count). The third-order valence-electron chi connectivity index (χ3n) is 2.67. The number of carbonyl (C=O) groups is 1. The van der Waals surface area contributed by atoms with Gasteiger partial charge in [0.25, 0.3) is 0 Å². The maximum absolute atomic E-state index is 11.6. The number of rotatable bonds is 4. The van der Waals surface area contributed by atoms with Crippen LogP contribution in [-0.4, -0.2) is 47.8 Å². The van der Waals surface area contributed by atoms with Crippen LogP contribution in [0.5, 0.6) is 0 Å². The zero-order chi connectivity index (χ0) is 11.3. The molecular weight excluding hydrogens is 194 g/mol. The van der Waals surface area contributed by atoms with Crippen LogP contribution in [0, 0.1) is 0 Å². The summed E-state index contributed by atoms with van der Waals surface area (Å²) in [7, 11) is 0. The van der Waals surface area contributed by atoms with Gasteiger partial charge in [0.05, 0.1) is 12.7 Å². The van der Waals surface area contributed by atoms with Crippen LogP contribution in [0.25, 0.3) is 0 Å². The molecule has 4 nitrogen and oxygen atoms in total. The van der Waals surface area contributed by atoms with Gasteiger partial charge in [-0.25, -0.2) is 0 Å². The minimum atomic E-state index is -0.389. The molecule has 1 aliphatic rings. The summed E-state index contributed by atoms with van der Waals surface area (Å²) in [5.41, 5.74) is 0. The quantitative estimate of drug-likeness (QED) is 0.704. The Hall–Kier alpha value is -0.610. The number of carbonyl (C=O) groups excluding carboxylic acids is 1. The number of aliphatic hydroxyl groups is 1. The summed E-state index contributed by atoms with van der Waals surface area (Å²) in [4.78, 5) is 13.7. The van der Waals surface area contributed by atoms with Crippen molar-refractivity contribution in [3.8, 4) is 0 Å². The third kappa shape index (κ3) is 3.80. The molecule has 0 aliphatic carbocycles. The van der Waals surface area contributed by atoms with Gasteiger partial charge in [-0.2, -0.15) is 0 Å². The third-order valence-corrected chi connectivity index (χ3v) is 2.67. The second-order valence-corrected chi connectivity index (χ2v) is 4.11. The van der Waals surface area contributed by atoms with Gasteiger partial charge in [-0.05, 0) is 33.2 Å². The number of ether oxygens (including phenoxy) is 1. The van der Waals surface area contributed by atoms with E-state index in [4.69, 9.17) is 4.74 Å². The summed E-state index contributed by atoms with van der Waals surface area (Å²) >= 11 is 0. The molecule has 0 spiro atoms. The van der Waals surface area contributed by atoms with Gasteiger partial charge in [0.2, 0.25) is 0 Å². The first kappa shape index (κ1) is 12.5. The van der Waals surface area contributed by atoms with Crippen LogP contribution in [0.3, 0.4) is 0 Å². The van der Waals surface area contributed by atoms with E-state index in [1.54, 1.807) is 6.92 Å². The maximum atomic E-state index is 11.6. The Bertz CT molecular complexity index is 206. The molecule has 1 heterocycles. The molecule has 1 saturated heterocycles. The lowest BCUT2D eigenvalue weighted by molar-refractivity contribution is -0.151. The van der Waals surface area contributed by atoms with Crippen molar-refractivity contribution >= 4 is 5.97 Å². The molecule has 0 aromatic carbocycles. The molecule has 4 heteroatoms. The molecule has 0 amide bonds. The SMILES string of the molecule is CCOC(=O)C1CCCCN1CC(C)O. The lowest BCUT2D eigenvalue weighted by Crippen LogP contribution is -2.48. The molecule has 1 fully saturated rings. The smallest absolute Gasteiger partial charge is 0.323 e. The van der Waals surface area contributed by atoms with Crippen LogP contribution in [0.1, 0.15) is 33.1 Å². The Labute approximate surface area is 91.2 Å². The van der Waals surface area contributed by atoms with Gasteiger partial charge in [-0.15, -0.1) is 0 Å². The average molecular weight is 215 g/mol. The van der Waals surface area contributed by atoms with Gasteiger partial charge >= 0.3 is 5.97 Å². The van der Waals surface area contributed by atoms with Crippen LogP contribution in [-0.2, 0) is 9.53 Å². The van der Waals surface area contributed by atoms with Crippen molar-refractivity contribution in [3.05, 3.63) is 0 Å². The van der Waals surface area contributed by atoms with Gasteiger partial charge in [0.1, 0.15) is 6.04 Å². The Morgan fingerprint density at radius 1 is 1.60 bits per heavy atom. The van der Waals surface area contributed by atoms with Gasteiger partial charge in [0.15, 0.2) is 0 Å². The fourth-order valence-electron chi connectivity index (χ4n) is 2.05. The van der Waals surface area contributed by atoms with E-state index in [2.05, 4.69) is 0 Å². The van der Waals surface area contributed by atoms with Crippen molar-refractivity contribution in [2.45, 2.75) is 45.3 Å². The van der Waals surface area contributed by atoms with Crippen molar-refractivity contribution in [1.29, 1.82) is 0 Å². The molecule has 0 bridgehead atoms. The molecule has 0 saturated carbocycles. The lowest BCUT2D eigenvalue weighted by atomic mass is 10.0. The Balaban J connectivity index is 2.52. The predicted octanol–water partition coefficient (Wildman–Crippen LogP) is 0.785. The fourth-order valence-corrected chi connectivity index (χ4v) is 2.05. The number of piperidine rings is 1. The number of aliphatic hydroxyl groups excluding tert-OH is 1. The van der Waals surface area contributed by atoms with Gasteiger partial charge < -0.3 is 9.84 Å². The largest absolute Gasteiger partial charge is 0.465 e. The number of hydrogen-bond donors (Lipinski definition) is 1. The lowest BCUT2D eigenvalue weighted by Gasteiger charge is -2.34. The normalized spacial score (nSPS) is 24.9. The van der Waals surface area contributed by atoms with E-state index in [9.17, 15) is 9.90 Å². The molecular formula is C11H21NO3. The highest BCUT2D eigenvalue weighted by atomic mass is 16.5. The minimum Gasteiger partial charge on any atom is -0.465 e. The van der Waals surface area contributed by atoms with Gasteiger partial charge in [-0.3, -0.25) is 9.69 Å². The monoisotopic (exact) mass is 215 g/mol. The Kier molecular flexibility index (Phi) is 5.05. The van der Waals surface area contributed by atoms with E-state index in [-0.39, 0.29) is 18.1 Å². The maximum Gasteiger partial charge on any atom is 0.323 e. The summed E-state index contributed by atoms with van der Waals surface area (Å²) in [6, 6.07) is -0.145. The highest BCUT2D eigenvalue weighted by Gasteiger charge is 2.30. The van der Waals surface area contributed by atoms with Crippen molar-refractivity contribution in [2.24, 2.45) is 0 Å². The highest BCUT2D eigenvalue weighted by Crippen LogP contribution is 2.18. The fraction of sp³-hybridized carbons (Fsp3) is 0.909. The molecule has 0 aromatic rings. The van der Waals surface area contributed by atoms with E-state index in [0.29, 0.717) is 13.2 Å². The first-order chi connectivity index (χ1) is 7.15. The topological polar surface area (TPSA) is 49.8 Å². The molecule has 1 N–H and O–H groups in total. The second kappa shape index (κ2) is 6.08. The summed E-state index contributed by atoms with van der Waals surface area (Å²) in [5.74, 6) is -0.141. The number of likely N-dealkylation sites (tertiary alicyclic amines) is 1. The second-order valence-electron chi connectivity index (χ2n) is 4.11. The van der Waals surface area contributed by atoms with E-state index >= 15 is 0 Å². The summed E-state index contributed by atoms with van der Waals surface area (Å²) in [6.45, 7) is 5.44. The minimum absolute atomic E-state index is 0.141. The number of β-amino-alcohol motifs (C(OH)–C–C–N with tert-alkyl or cyclic N) is 1. The molecule has 15 heavy (non-hydrogen) atoms. The standard InChI is InChI=1S/C11H21NO3/c1-3-15-11(14)10-6-4-5-7-12(10)8-9(2)13/h9-10,13H,3-8H2,1-2H3. The molecule has 2 atom stereocenters. The van der Waals surface area contributed by atoms with Crippen molar-refractivity contribution < 1.29 is 14.6 Å². The summed E-state index contributed by atoms with van der Waals surface area (Å²) < 4.78 is 5.03. The van der Waals surface area contributed by atoms with Crippen LogP contribution in [0.15, 0.2) is 0 Å². The van der Waals surface area contributed by atoms with Crippen LogP contribution >= 0.6 is 0 Å². The predicted molar refractivity (Wildman–Crippen MR) is 57.5 cm³/mol. The van der Waals surface area contributed by atoms with Crippen LogP contribution in [0.2, 0.25) is 0 Å². The van der Waals surface area contributed by atoms with Gasteiger partial charge in [-0.1, -0.05) is 6.42 Å². The van der Waals surface area contributed by atoms with Crippen LogP contribution < -0.4 is 0 Å². The number of nitrogens with zero attached hydrogens (tertiary/aromatic N) is 1. The summed E-state index contributed by atoms with van der Waals surface area (Å²) in [5, 5.41) is 9.34. The van der Waals surface area contributed by atoms with Crippen LogP contribution in [0.4, 0.5) is 0 Å². The molecule has 0 aromatic heterocycles. The molecule has 1 aliphatic heterocycles.